The van der Waals surface area contributed by atoms with E-state index in [4.69, 9.17) is 11.1 Å². The molecular formula is C22H32FN5O. The molecule has 0 aliphatic carbocycles. The molecule has 5 N–H and O–H groups in total. The van der Waals surface area contributed by atoms with E-state index < -0.39 is 5.82 Å². The Balaban J connectivity index is 0.000000331. The number of pyridine rings is 1. The molecule has 0 saturated carbocycles. The molecule has 0 fully saturated rings. The molecule has 1 amide bonds. The number of nitrogens with two attached hydrogens (primary N) is 1. The average Bonchev–Trinajstić information content (AvgIpc) is 2.72. The van der Waals surface area contributed by atoms with Crippen molar-refractivity contribution in [2.45, 2.75) is 45.6 Å². The van der Waals surface area contributed by atoms with Gasteiger partial charge >= 0.3 is 0 Å². The van der Waals surface area contributed by atoms with E-state index in [0.717, 1.165) is 37.6 Å². The minimum atomic E-state index is -0.415. The third-order valence-electron chi connectivity index (χ3n) is 4.45. The molecule has 2 rings (SSSR count). The van der Waals surface area contributed by atoms with Crippen molar-refractivity contribution in [2.75, 3.05) is 19.3 Å². The van der Waals surface area contributed by atoms with Crippen molar-refractivity contribution in [1.29, 1.82) is 5.41 Å². The molecule has 1 atom stereocenters. The second-order valence-corrected chi connectivity index (χ2v) is 6.80. The number of halogens is 1. The fourth-order valence-electron chi connectivity index (χ4n) is 2.65. The number of unbranched alkanes of at least 4 members (excludes halogenated alkanes) is 1. The van der Waals surface area contributed by atoms with Gasteiger partial charge in [-0.3, -0.25) is 15.2 Å². The fraction of sp³-hybridized carbons (Fsp3) is 0.409. The highest BCUT2D eigenvalue weighted by Crippen LogP contribution is 2.18. The average molecular weight is 402 g/mol. The molecule has 6 nitrogen and oxygen atoms in total. The van der Waals surface area contributed by atoms with E-state index in [1.807, 2.05) is 33.0 Å². The lowest BCUT2D eigenvalue weighted by Crippen LogP contribution is -2.24. The molecule has 158 valence electrons. The Morgan fingerprint density at radius 1 is 1.31 bits per heavy atom. The largest absolute Gasteiger partial charge is 0.398 e. The van der Waals surface area contributed by atoms with Crippen molar-refractivity contribution in [3.8, 4) is 0 Å². The van der Waals surface area contributed by atoms with E-state index in [9.17, 15) is 9.18 Å². The predicted molar refractivity (Wildman–Crippen MR) is 117 cm³/mol. The van der Waals surface area contributed by atoms with Gasteiger partial charge in [0.1, 0.15) is 5.82 Å². The van der Waals surface area contributed by atoms with Gasteiger partial charge in [0.05, 0.1) is 17.6 Å². The van der Waals surface area contributed by atoms with Crippen LogP contribution in [-0.2, 0) is 11.2 Å². The van der Waals surface area contributed by atoms with Gasteiger partial charge in [0.25, 0.3) is 0 Å². The number of aromatic nitrogens is 1. The van der Waals surface area contributed by atoms with Crippen molar-refractivity contribution in [3.05, 3.63) is 59.2 Å². The summed E-state index contributed by atoms with van der Waals surface area (Å²) in [6.07, 6.45) is 6.16. The number of carbonyl (C=O) groups is 1. The SMILES string of the molecule is CCc1ccc(N)c(C(=N)c2ccc(F)cn2)c1.CNCCCCC(C)NC=O. The van der Waals surface area contributed by atoms with Gasteiger partial charge in [-0.2, -0.15) is 0 Å². The summed E-state index contributed by atoms with van der Waals surface area (Å²) in [6.45, 7) is 5.12. The number of amides is 1. The summed E-state index contributed by atoms with van der Waals surface area (Å²) >= 11 is 0. The van der Waals surface area contributed by atoms with Crippen LogP contribution in [0.25, 0.3) is 0 Å². The predicted octanol–water partition coefficient (Wildman–Crippen LogP) is 3.29. The lowest BCUT2D eigenvalue weighted by molar-refractivity contribution is -0.110. The first-order chi connectivity index (χ1) is 13.9. The van der Waals surface area contributed by atoms with Gasteiger partial charge in [0.2, 0.25) is 6.41 Å². The summed E-state index contributed by atoms with van der Waals surface area (Å²) in [6, 6.07) is 8.69. The standard InChI is InChI=1S/C14H14FN3.C8H18N2O/c1-2-9-3-5-12(16)11(7-9)14(17)13-6-4-10(15)8-18-13;1-8(10-7-11)5-3-4-6-9-2/h3-8,17H,2,16H2,1H3;7-9H,3-6H2,1-2H3,(H,10,11). The zero-order chi connectivity index (χ0) is 21.6. The monoisotopic (exact) mass is 401 g/mol. The molecule has 29 heavy (non-hydrogen) atoms. The van der Waals surface area contributed by atoms with Crippen molar-refractivity contribution >= 4 is 17.8 Å². The normalized spacial score (nSPS) is 11.2. The van der Waals surface area contributed by atoms with Gasteiger partial charge in [-0.15, -0.1) is 0 Å². The van der Waals surface area contributed by atoms with Crippen LogP contribution in [0.15, 0.2) is 36.5 Å². The number of benzene rings is 1. The van der Waals surface area contributed by atoms with Crippen molar-refractivity contribution in [3.63, 3.8) is 0 Å². The first kappa shape index (κ1) is 24.2. The van der Waals surface area contributed by atoms with E-state index in [1.54, 1.807) is 6.07 Å². The molecule has 1 unspecified atom stereocenters. The van der Waals surface area contributed by atoms with Crippen LogP contribution in [0.2, 0.25) is 0 Å². The summed E-state index contributed by atoms with van der Waals surface area (Å²) in [4.78, 5) is 13.9. The van der Waals surface area contributed by atoms with E-state index >= 15 is 0 Å². The van der Waals surface area contributed by atoms with Crippen LogP contribution in [0.5, 0.6) is 0 Å². The first-order valence-corrected chi connectivity index (χ1v) is 9.86. The van der Waals surface area contributed by atoms with Gasteiger partial charge in [-0.05, 0) is 69.6 Å². The summed E-state index contributed by atoms with van der Waals surface area (Å²) in [5.41, 5.74) is 8.76. The highest BCUT2D eigenvalue weighted by molar-refractivity contribution is 6.12. The van der Waals surface area contributed by atoms with Crippen LogP contribution in [0.3, 0.4) is 0 Å². The maximum Gasteiger partial charge on any atom is 0.207 e. The third kappa shape index (κ3) is 8.83. The Labute approximate surface area is 172 Å². The first-order valence-electron chi connectivity index (χ1n) is 9.86. The second kappa shape index (κ2) is 13.4. The van der Waals surface area contributed by atoms with Gasteiger partial charge in [-0.1, -0.05) is 19.4 Å². The molecule has 7 heteroatoms. The van der Waals surface area contributed by atoms with Crippen LogP contribution >= 0.6 is 0 Å². The number of hydrogen-bond acceptors (Lipinski definition) is 5. The maximum atomic E-state index is 12.8. The molecule has 0 bridgehead atoms. The highest BCUT2D eigenvalue weighted by atomic mass is 19.1. The van der Waals surface area contributed by atoms with E-state index in [2.05, 4.69) is 15.6 Å². The van der Waals surface area contributed by atoms with Crippen molar-refractivity contribution < 1.29 is 9.18 Å². The maximum absolute atomic E-state index is 12.8. The Hall–Kier alpha value is -2.80. The van der Waals surface area contributed by atoms with Gasteiger partial charge in [0.15, 0.2) is 0 Å². The number of rotatable bonds is 10. The number of nitrogens with zero attached hydrogens (tertiary/aromatic N) is 1. The number of nitrogen functional groups attached to an aromatic ring is 1. The Morgan fingerprint density at radius 3 is 2.66 bits per heavy atom. The van der Waals surface area contributed by atoms with Crippen molar-refractivity contribution in [1.82, 2.24) is 15.6 Å². The van der Waals surface area contributed by atoms with Crippen LogP contribution in [-0.4, -0.2) is 36.7 Å². The molecular weight excluding hydrogens is 369 g/mol. The second-order valence-electron chi connectivity index (χ2n) is 6.80. The van der Waals surface area contributed by atoms with Crippen LogP contribution < -0.4 is 16.4 Å². The minimum absolute atomic E-state index is 0.211. The summed E-state index contributed by atoms with van der Waals surface area (Å²) in [7, 11) is 1.95. The van der Waals surface area contributed by atoms with Crippen LogP contribution in [0.4, 0.5) is 10.1 Å². The molecule has 0 aliphatic heterocycles. The van der Waals surface area contributed by atoms with E-state index in [1.165, 1.54) is 25.0 Å². The van der Waals surface area contributed by atoms with Gasteiger partial charge < -0.3 is 16.4 Å². The molecule has 2 aromatic rings. The number of nitrogens with one attached hydrogen (secondary N) is 3. The molecule has 0 aliphatic rings. The number of hydrogen-bond donors (Lipinski definition) is 4. The molecule has 0 radical (unpaired) electrons. The Bertz CT molecular complexity index is 764. The van der Waals surface area contributed by atoms with Gasteiger partial charge in [-0.25, -0.2) is 4.39 Å². The van der Waals surface area contributed by atoms with E-state index in [0.29, 0.717) is 23.0 Å². The quantitative estimate of drug-likeness (QED) is 0.212. The summed E-state index contributed by atoms with van der Waals surface area (Å²) < 4.78 is 12.8. The minimum Gasteiger partial charge on any atom is -0.398 e. The molecule has 1 aromatic heterocycles. The molecule has 1 aromatic carbocycles. The molecule has 1 heterocycles. The number of aryl methyl sites for hydroxylation is 1. The lowest BCUT2D eigenvalue weighted by Gasteiger charge is -2.09. The van der Waals surface area contributed by atoms with Crippen molar-refractivity contribution in [2.24, 2.45) is 0 Å². The van der Waals surface area contributed by atoms with Gasteiger partial charge in [0, 0.05) is 17.3 Å². The zero-order valence-corrected chi connectivity index (χ0v) is 17.5. The smallest absolute Gasteiger partial charge is 0.207 e. The lowest BCUT2D eigenvalue weighted by atomic mass is 10.0. The highest BCUT2D eigenvalue weighted by Gasteiger charge is 2.10. The fourth-order valence-corrected chi connectivity index (χ4v) is 2.65. The Morgan fingerprint density at radius 2 is 2.07 bits per heavy atom. The number of carbonyl (C=O) groups excluding carboxylic acids is 1. The summed E-state index contributed by atoms with van der Waals surface area (Å²) in [5, 5.41) is 13.9. The third-order valence-corrected chi connectivity index (χ3v) is 4.45. The summed E-state index contributed by atoms with van der Waals surface area (Å²) in [5.74, 6) is -0.415. The molecule has 0 spiro atoms. The Kier molecular flexibility index (Phi) is 11.2. The van der Waals surface area contributed by atoms with Crippen LogP contribution in [0.1, 0.15) is 49.9 Å². The zero-order valence-electron chi connectivity index (χ0n) is 17.5. The molecule has 0 saturated heterocycles. The number of anilines is 1. The topological polar surface area (TPSA) is 104 Å². The van der Waals surface area contributed by atoms with Crippen LogP contribution in [0, 0.1) is 11.2 Å². The van der Waals surface area contributed by atoms with E-state index in [-0.39, 0.29) is 5.71 Å².